The second-order valence-corrected chi connectivity index (χ2v) is 13.1. The monoisotopic (exact) mass is 581 g/mol. The summed E-state index contributed by atoms with van der Waals surface area (Å²) in [6, 6.07) is 12.1. The Labute approximate surface area is 237 Å². The van der Waals surface area contributed by atoms with Crippen LogP contribution in [-0.4, -0.2) is 57.3 Å². The molecule has 0 aliphatic carbocycles. The van der Waals surface area contributed by atoms with E-state index in [0.717, 1.165) is 58.5 Å². The lowest BCUT2D eigenvalue weighted by molar-refractivity contribution is -0.117. The third-order valence-electron chi connectivity index (χ3n) is 7.10. The Morgan fingerprint density at radius 1 is 0.975 bits per heavy atom. The van der Waals surface area contributed by atoms with Crippen molar-refractivity contribution >= 4 is 56.3 Å². The van der Waals surface area contributed by atoms with Gasteiger partial charge in [0.2, 0.25) is 5.91 Å². The molecule has 1 saturated heterocycles. The summed E-state index contributed by atoms with van der Waals surface area (Å²) in [4.78, 5) is 43.0. The van der Waals surface area contributed by atoms with Crippen LogP contribution in [0.15, 0.2) is 52.7 Å². The molecule has 0 spiro atoms. The number of rotatable bonds is 8. The van der Waals surface area contributed by atoms with Crippen molar-refractivity contribution < 1.29 is 22.8 Å². The van der Waals surface area contributed by atoms with E-state index in [1.54, 1.807) is 13.0 Å². The van der Waals surface area contributed by atoms with Crippen LogP contribution in [0.1, 0.15) is 39.2 Å². The zero-order valence-corrected chi connectivity index (χ0v) is 24.0. The van der Waals surface area contributed by atoms with Crippen LogP contribution in [0.25, 0.3) is 0 Å². The number of hydrogen-bond acceptors (Lipinski definition) is 8. The molecular formula is C28H31N5O5S2. The molecule has 3 aromatic rings. The second-order valence-electron chi connectivity index (χ2n) is 9.97. The number of thiophene rings is 1. The smallest absolute Gasteiger partial charge is 0.333 e. The summed E-state index contributed by atoms with van der Waals surface area (Å²) in [5, 5.41) is 5.86. The van der Waals surface area contributed by atoms with E-state index in [-0.39, 0.29) is 16.5 Å². The van der Waals surface area contributed by atoms with Crippen LogP contribution in [0, 0.1) is 13.8 Å². The van der Waals surface area contributed by atoms with E-state index in [0.29, 0.717) is 22.5 Å². The molecule has 2 aliphatic heterocycles. The molecule has 5 rings (SSSR count). The molecule has 1 aromatic heterocycles. The van der Waals surface area contributed by atoms with Crippen molar-refractivity contribution in [3.8, 4) is 0 Å². The fourth-order valence-electron chi connectivity index (χ4n) is 4.85. The Bertz CT molecular complexity index is 1540. The number of imide groups is 1. The molecule has 0 unspecified atom stereocenters. The number of carbonyl (C=O) groups is 3. The van der Waals surface area contributed by atoms with E-state index in [2.05, 4.69) is 15.5 Å². The van der Waals surface area contributed by atoms with Crippen LogP contribution in [0.3, 0.4) is 0 Å². The molecule has 210 valence electrons. The van der Waals surface area contributed by atoms with Gasteiger partial charge in [-0.1, -0.05) is 0 Å². The van der Waals surface area contributed by atoms with Gasteiger partial charge in [-0.25, -0.2) is 22.8 Å². The highest BCUT2D eigenvalue weighted by atomic mass is 32.2. The number of nitrogens with zero attached hydrogens (tertiary/aromatic N) is 2. The standard InChI is InChI=1S/C28H31N5O5S2/c1-18-15-26(39-19(18)2)40(37,38)31-28(36)30-21-5-8-23(9-6-21)33-25(34)17-20-16-22(7-10-24(20)27(33)35)29-11-14-32-12-3-4-13-32/h5-10,15-16,29H,3-4,11-14,17H2,1-2H3,(H2,30,31,36). The minimum absolute atomic E-state index is 0.0559. The van der Waals surface area contributed by atoms with Gasteiger partial charge in [0.15, 0.2) is 0 Å². The zero-order valence-electron chi connectivity index (χ0n) is 22.3. The molecule has 0 bridgehead atoms. The first-order chi connectivity index (χ1) is 19.1. The highest BCUT2D eigenvalue weighted by Crippen LogP contribution is 2.29. The van der Waals surface area contributed by atoms with Gasteiger partial charge in [-0.3, -0.25) is 9.59 Å². The van der Waals surface area contributed by atoms with Gasteiger partial charge in [0.05, 0.1) is 12.1 Å². The van der Waals surface area contributed by atoms with Crippen molar-refractivity contribution in [2.45, 2.75) is 37.3 Å². The van der Waals surface area contributed by atoms with Crippen LogP contribution >= 0.6 is 11.3 Å². The van der Waals surface area contributed by atoms with Crippen LogP contribution in [0.5, 0.6) is 0 Å². The number of aryl methyl sites for hydroxylation is 2. The number of hydrogen-bond donors (Lipinski definition) is 3. The first kappa shape index (κ1) is 27.8. The Morgan fingerprint density at radius 3 is 2.35 bits per heavy atom. The Morgan fingerprint density at radius 2 is 1.68 bits per heavy atom. The number of nitrogens with one attached hydrogen (secondary N) is 3. The SMILES string of the molecule is Cc1cc(S(=O)(=O)NC(=O)Nc2ccc(N3C(=O)Cc4cc(NCCN5CCCC5)ccc4C3=O)cc2)sc1C. The fraction of sp³-hybridized carbons (Fsp3) is 0.321. The molecule has 0 saturated carbocycles. The highest BCUT2D eigenvalue weighted by Gasteiger charge is 2.32. The average molecular weight is 582 g/mol. The van der Waals surface area contributed by atoms with Gasteiger partial charge < -0.3 is 15.5 Å². The summed E-state index contributed by atoms with van der Waals surface area (Å²) in [5.41, 5.74) is 3.52. The molecule has 40 heavy (non-hydrogen) atoms. The van der Waals surface area contributed by atoms with E-state index in [4.69, 9.17) is 0 Å². The van der Waals surface area contributed by atoms with Crippen molar-refractivity contribution in [3.05, 3.63) is 70.1 Å². The van der Waals surface area contributed by atoms with Gasteiger partial charge in [0, 0.05) is 34.9 Å². The summed E-state index contributed by atoms with van der Waals surface area (Å²) in [5.74, 6) is -0.765. The molecule has 0 radical (unpaired) electrons. The number of fused-ring (bicyclic) bond motifs is 1. The number of sulfonamides is 1. The molecule has 12 heteroatoms. The molecule has 4 amide bonds. The van der Waals surface area contributed by atoms with Gasteiger partial charge >= 0.3 is 6.03 Å². The van der Waals surface area contributed by atoms with Gasteiger partial charge in [-0.2, -0.15) is 0 Å². The van der Waals surface area contributed by atoms with Crippen LogP contribution in [0.4, 0.5) is 21.9 Å². The maximum Gasteiger partial charge on any atom is 0.333 e. The molecule has 2 aliphatic rings. The van der Waals surface area contributed by atoms with E-state index < -0.39 is 22.0 Å². The maximum absolute atomic E-state index is 13.2. The number of carbonyl (C=O) groups excluding carboxylic acids is 3. The normalized spacial score (nSPS) is 15.7. The van der Waals surface area contributed by atoms with Gasteiger partial charge in [0.25, 0.3) is 15.9 Å². The van der Waals surface area contributed by atoms with Crippen LogP contribution < -0.4 is 20.3 Å². The topological polar surface area (TPSA) is 128 Å². The van der Waals surface area contributed by atoms with Gasteiger partial charge in [-0.05, 0) is 99.4 Å². The molecule has 2 aromatic carbocycles. The van der Waals surface area contributed by atoms with Crippen LogP contribution in [-0.2, 0) is 21.2 Å². The number of benzene rings is 2. The lowest BCUT2D eigenvalue weighted by Gasteiger charge is -2.27. The van der Waals surface area contributed by atoms with Gasteiger partial charge in [-0.15, -0.1) is 11.3 Å². The largest absolute Gasteiger partial charge is 0.384 e. The summed E-state index contributed by atoms with van der Waals surface area (Å²) in [6.45, 7) is 7.62. The number of likely N-dealkylation sites (tertiary alicyclic amines) is 1. The Hall–Kier alpha value is -3.74. The van der Waals surface area contributed by atoms with E-state index in [1.165, 1.54) is 43.2 Å². The van der Waals surface area contributed by atoms with Crippen molar-refractivity contribution in [1.82, 2.24) is 9.62 Å². The minimum atomic E-state index is -4.01. The Balaban J connectivity index is 1.21. The quantitative estimate of drug-likeness (QED) is 0.342. The van der Waals surface area contributed by atoms with Crippen molar-refractivity contribution in [2.75, 3.05) is 41.7 Å². The van der Waals surface area contributed by atoms with Crippen molar-refractivity contribution in [3.63, 3.8) is 0 Å². The summed E-state index contributed by atoms with van der Waals surface area (Å²) < 4.78 is 27.1. The first-order valence-electron chi connectivity index (χ1n) is 13.1. The first-order valence-corrected chi connectivity index (χ1v) is 15.4. The lowest BCUT2D eigenvalue weighted by atomic mass is 9.97. The van der Waals surface area contributed by atoms with E-state index in [1.807, 2.05) is 23.8 Å². The fourth-order valence-corrected chi connectivity index (χ4v) is 7.28. The van der Waals surface area contributed by atoms with E-state index >= 15 is 0 Å². The highest BCUT2D eigenvalue weighted by molar-refractivity contribution is 7.92. The van der Waals surface area contributed by atoms with Crippen LogP contribution in [0.2, 0.25) is 0 Å². The molecule has 3 N–H and O–H groups in total. The number of urea groups is 1. The molecule has 1 fully saturated rings. The molecule has 0 atom stereocenters. The summed E-state index contributed by atoms with van der Waals surface area (Å²) in [6.07, 6.45) is 2.58. The number of amides is 4. The second kappa shape index (κ2) is 11.4. The maximum atomic E-state index is 13.2. The molecule has 3 heterocycles. The molecular weight excluding hydrogens is 550 g/mol. The number of anilines is 3. The van der Waals surface area contributed by atoms with E-state index in [9.17, 15) is 22.8 Å². The lowest BCUT2D eigenvalue weighted by Crippen LogP contribution is -2.42. The average Bonchev–Trinajstić information content (AvgIpc) is 3.54. The third-order valence-corrected chi connectivity index (χ3v) is 10.1. The van der Waals surface area contributed by atoms with Gasteiger partial charge in [0.1, 0.15) is 4.21 Å². The summed E-state index contributed by atoms with van der Waals surface area (Å²) >= 11 is 1.09. The van der Waals surface area contributed by atoms with Crippen molar-refractivity contribution in [1.29, 1.82) is 0 Å². The third kappa shape index (κ3) is 6.03. The predicted molar refractivity (Wildman–Crippen MR) is 156 cm³/mol. The molecule has 10 nitrogen and oxygen atoms in total. The predicted octanol–water partition coefficient (Wildman–Crippen LogP) is 4.11. The minimum Gasteiger partial charge on any atom is -0.384 e. The van der Waals surface area contributed by atoms with Crippen molar-refractivity contribution in [2.24, 2.45) is 0 Å². The summed E-state index contributed by atoms with van der Waals surface area (Å²) in [7, 11) is -4.01. The zero-order chi connectivity index (χ0) is 28.4. The Kier molecular flexibility index (Phi) is 7.92.